The number of pyridine rings is 1. The largest absolute Gasteiger partial charge is 0.310 e. The monoisotopic (exact) mass is 538 g/mol. The van der Waals surface area contributed by atoms with Crippen LogP contribution in [0.1, 0.15) is 62.4 Å². The average molecular weight is 539 g/mol. The molecular formula is C26H31F5N6O. The summed E-state index contributed by atoms with van der Waals surface area (Å²) in [5.41, 5.74) is 0.186. The lowest BCUT2D eigenvalue weighted by Gasteiger charge is -2.35. The predicted molar refractivity (Wildman–Crippen MR) is 133 cm³/mol. The van der Waals surface area contributed by atoms with Crippen LogP contribution in [0.25, 0.3) is 11.4 Å². The van der Waals surface area contributed by atoms with Gasteiger partial charge in [0, 0.05) is 24.8 Å². The van der Waals surface area contributed by atoms with E-state index in [2.05, 4.69) is 23.8 Å². The van der Waals surface area contributed by atoms with Gasteiger partial charge in [0.2, 0.25) is 12.1 Å². The Hall–Kier alpha value is -3.05. The van der Waals surface area contributed by atoms with Crippen molar-refractivity contribution < 1.29 is 26.7 Å². The van der Waals surface area contributed by atoms with Crippen molar-refractivity contribution in [3.05, 3.63) is 29.7 Å². The minimum atomic E-state index is -3.21. The van der Waals surface area contributed by atoms with Gasteiger partial charge in [-0.15, -0.1) is 0 Å². The van der Waals surface area contributed by atoms with E-state index in [9.17, 15) is 26.7 Å². The van der Waals surface area contributed by atoms with Gasteiger partial charge in [-0.3, -0.25) is 19.6 Å². The molecule has 38 heavy (non-hydrogen) atoms. The molecule has 5 rings (SSSR count). The maximum Gasteiger partial charge on any atom is 0.283 e. The molecule has 2 aliphatic heterocycles. The highest BCUT2D eigenvalue weighted by molar-refractivity contribution is 6.18. The first-order chi connectivity index (χ1) is 18.1. The molecule has 206 valence electrons. The van der Waals surface area contributed by atoms with E-state index in [0.717, 1.165) is 0 Å². The van der Waals surface area contributed by atoms with Crippen LogP contribution in [0.4, 0.5) is 27.8 Å². The summed E-state index contributed by atoms with van der Waals surface area (Å²) in [5, 5.41) is 0. The number of aromatic nitrogens is 3. The van der Waals surface area contributed by atoms with Gasteiger partial charge < -0.3 is 4.57 Å². The molecule has 3 aliphatic rings. The van der Waals surface area contributed by atoms with Crippen LogP contribution in [-0.4, -0.2) is 69.2 Å². The molecule has 1 amide bonds. The van der Waals surface area contributed by atoms with Gasteiger partial charge in [-0.25, -0.2) is 31.9 Å². The second-order valence-corrected chi connectivity index (χ2v) is 10.5. The molecule has 7 nitrogen and oxygen atoms in total. The van der Waals surface area contributed by atoms with Crippen molar-refractivity contribution in [2.45, 2.75) is 77.6 Å². The van der Waals surface area contributed by atoms with E-state index in [1.54, 1.807) is 4.90 Å². The van der Waals surface area contributed by atoms with Crippen molar-refractivity contribution in [3.8, 4) is 11.4 Å². The molecule has 0 spiro atoms. The topological polar surface area (TPSA) is 66.6 Å². The van der Waals surface area contributed by atoms with E-state index in [4.69, 9.17) is 4.99 Å². The normalized spacial score (nSPS) is 26.2. The first kappa shape index (κ1) is 26.6. The van der Waals surface area contributed by atoms with E-state index in [1.165, 1.54) is 18.3 Å². The van der Waals surface area contributed by atoms with Gasteiger partial charge >= 0.3 is 0 Å². The standard InChI is InChI=1S/C26H31F5N6O/c1-4-35-25(38)21-24(37-12-19(13(2)3)33-26(35)37)36(11-14-5-7-16(27)17(28)9-14)23(34-21)15-6-8-18(32-10-15)20(29)22(30)31/h6,8,10,13-14,16-17,19-20,22H,4-5,7,9,11-12H2,1-3H3. The summed E-state index contributed by atoms with van der Waals surface area (Å²) in [6.45, 7) is 7.12. The Balaban J connectivity index is 1.61. The van der Waals surface area contributed by atoms with E-state index in [0.29, 0.717) is 42.7 Å². The van der Waals surface area contributed by atoms with Gasteiger partial charge in [-0.1, -0.05) is 13.8 Å². The van der Waals surface area contributed by atoms with Gasteiger partial charge in [0.1, 0.15) is 24.0 Å². The third-order valence-corrected chi connectivity index (χ3v) is 7.65. The second-order valence-electron chi connectivity index (χ2n) is 10.5. The number of carbonyl (C=O) groups excluding carboxylic acids is 1. The van der Waals surface area contributed by atoms with Crippen LogP contribution < -0.4 is 4.90 Å². The number of carbonyl (C=O) groups is 1. The molecule has 5 atom stereocenters. The Bertz CT molecular complexity index is 1220. The maximum atomic E-state index is 14.3. The highest BCUT2D eigenvalue weighted by Crippen LogP contribution is 2.39. The fraction of sp³-hybridized carbons (Fsp3) is 0.615. The molecule has 0 bridgehead atoms. The first-order valence-corrected chi connectivity index (χ1v) is 13.0. The van der Waals surface area contributed by atoms with Crippen molar-refractivity contribution >= 4 is 17.7 Å². The number of guanidine groups is 1. The van der Waals surface area contributed by atoms with Gasteiger partial charge in [-0.2, -0.15) is 0 Å². The zero-order valence-electron chi connectivity index (χ0n) is 21.5. The minimum absolute atomic E-state index is 0.0350. The van der Waals surface area contributed by atoms with Crippen molar-refractivity contribution in [3.63, 3.8) is 0 Å². The van der Waals surface area contributed by atoms with E-state index >= 15 is 0 Å². The van der Waals surface area contributed by atoms with Gasteiger partial charge in [0.15, 0.2) is 5.69 Å². The number of imidazole rings is 1. The lowest BCUT2D eigenvalue weighted by atomic mass is 9.86. The number of anilines is 1. The quantitative estimate of drug-likeness (QED) is 0.445. The summed E-state index contributed by atoms with van der Waals surface area (Å²) >= 11 is 0. The molecule has 12 heteroatoms. The summed E-state index contributed by atoms with van der Waals surface area (Å²) in [5.74, 6) is 1.06. The minimum Gasteiger partial charge on any atom is -0.310 e. The SMILES string of the molecule is CCN1C(=O)c2nc(-c3ccc(C(F)C(F)F)nc3)n(CC3CCC(F)C(F)C3)c2N2CC(C(C)C)N=C12. The van der Waals surface area contributed by atoms with Crippen LogP contribution in [0.5, 0.6) is 0 Å². The van der Waals surface area contributed by atoms with Crippen LogP contribution in [0.2, 0.25) is 0 Å². The van der Waals surface area contributed by atoms with Crippen LogP contribution in [0.3, 0.4) is 0 Å². The number of alkyl halides is 5. The second kappa shape index (κ2) is 10.3. The Kier molecular flexibility index (Phi) is 7.17. The molecule has 4 heterocycles. The Labute approximate surface area is 217 Å². The summed E-state index contributed by atoms with van der Waals surface area (Å²) in [4.78, 5) is 30.4. The molecule has 0 N–H and O–H groups in total. The molecular weight excluding hydrogens is 507 g/mol. The van der Waals surface area contributed by atoms with Gasteiger partial charge in [0.25, 0.3) is 12.3 Å². The third kappa shape index (κ3) is 4.55. The number of nitrogens with zero attached hydrogens (tertiary/aromatic N) is 6. The van der Waals surface area contributed by atoms with Gasteiger partial charge in [-0.05, 0) is 50.2 Å². The fourth-order valence-electron chi connectivity index (χ4n) is 5.46. The van der Waals surface area contributed by atoms with Crippen molar-refractivity contribution in [2.75, 3.05) is 18.0 Å². The molecule has 2 aromatic rings. The number of aliphatic imine (C=N–C) groups is 1. The zero-order chi connectivity index (χ0) is 27.3. The number of halogens is 5. The summed E-state index contributed by atoms with van der Waals surface area (Å²) in [6.07, 6.45) is -6.93. The van der Waals surface area contributed by atoms with E-state index in [1.807, 2.05) is 16.4 Å². The molecule has 1 aliphatic carbocycles. The van der Waals surface area contributed by atoms with Crippen molar-refractivity contribution in [1.29, 1.82) is 0 Å². The Morgan fingerprint density at radius 1 is 1.11 bits per heavy atom. The third-order valence-electron chi connectivity index (χ3n) is 7.65. The Morgan fingerprint density at radius 2 is 1.87 bits per heavy atom. The maximum absolute atomic E-state index is 14.3. The molecule has 0 aromatic carbocycles. The van der Waals surface area contributed by atoms with Crippen LogP contribution in [-0.2, 0) is 6.54 Å². The molecule has 1 saturated carbocycles. The van der Waals surface area contributed by atoms with Gasteiger partial charge in [0.05, 0.1) is 18.3 Å². The lowest BCUT2D eigenvalue weighted by Crippen LogP contribution is -2.51. The number of amides is 1. The highest BCUT2D eigenvalue weighted by Gasteiger charge is 2.44. The number of hydrogen-bond donors (Lipinski definition) is 0. The molecule has 5 unspecified atom stereocenters. The lowest BCUT2D eigenvalue weighted by molar-refractivity contribution is 0.0473. The van der Waals surface area contributed by atoms with Crippen LogP contribution in [0.15, 0.2) is 23.3 Å². The summed E-state index contributed by atoms with van der Waals surface area (Å²) in [6, 6.07) is 2.56. The molecule has 0 saturated heterocycles. The highest BCUT2D eigenvalue weighted by atomic mass is 19.3. The van der Waals surface area contributed by atoms with Crippen LogP contribution >= 0.6 is 0 Å². The molecule has 0 radical (unpaired) electrons. The summed E-state index contributed by atoms with van der Waals surface area (Å²) < 4.78 is 69.6. The molecule has 1 fully saturated rings. The zero-order valence-corrected chi connectivity index (χ0v) is 21.5. The average Bonchev–Trinajstić information content (AvgIpc) is 3.49. The molecule has 2 aromatic heterocycles. The Morgan fingerprint density at radius 3 is 2.47 bits per heavy atom. The fourth-order valence-corrected chi connectivity index (χ4v) is 5.46. The van der Waals surface area contributed by atoms with Crippen molar-refractivity contribution in [1.82, 2.24) is 19.4 Å². The van der Waals surface area contributed by atoms with Crippen molar-refractivity contribution in [2.24, 2.45) is 16.8 Å². The number of rotatable bonds is 7. The smallest absolute Gasteiger partial charge is 0.283 e. The van der Waals surface area contributed by atoms with Crippen LogP contribution in [0, 0.1) is 11.8 Å². The van der Waals surface area contributed by atoms with E-state index < -0.39 is 30.6 Å². The number of hydrogen-bond acceptors (Lipinski definition) is 5. The van der Waals surface area contributed by atoms with E-state index in [-0.39, 0.29) is 48.9 Å². The predicted octanol–water partition coefficient (Wildman–Crippen LogP) is 5.37. The summed E-state index contributed by atoms with van der Waals surface area (Å²) in [7, 11) is 0. The first-order valence-electron chi connectivity index (χ1n) is 13.0. The number of fused-ring (bicyclic) bond motifs is 3.